The Labute approximate surface area is 175 Å². The highest BCUT2D eigenvalue weighted by Gasteiger charge is 2.28. The predicted molar refractivity (Wildman–Crippen MR) is 111 cm³/mol. The van der Waals surface area contributed by atoms with Crippen molar-refractivity contribution in [1.29, 1.82) is 0 Å². The van der Waals surface area contributed by atoms with Gasteiger partial charge in [-0.25, -0.2) is 4.39 Å². The number of hydrogen-bond donors (Lipinski definition) is 1. The molecule has 2 aromatic carbocycles. The number of amides is 2. The fourth-order valence-electron chi connectivity index (χ4n) is 2.83. The summed E-state index contributed by atoms with van der Waals surface area (Å²) in [6, 6.07) is 11.9. The van der Waals surface area contributed by atoms with Gasteiger partial charge < -0.3 is 15.0 Å². The molecule has 0 heterocycles. The van der Waals surface area contributed by atoms with Crippen molar-refractivity contribution >= 4 is 23.4 Å². The van der Waals surface area contributed by atoms with Crippen LogP contribution in [0.3, 0.4) is 0 Å². The lowest BCUT2D eigenvalue weighted by Gasteiger charge is -2.30. The number of carbonyl (C=O) groups is 2. The lowest BCUT2D eigenvalue weighted by Crippen LogP contribution is -2.50. The van der Waals surface area contributed by atoms with Gasteiger partial charge in [-0.05, 0) is 54.8 Å². The summed E-state index contributed by atoms with van der Waals surface area (Å²) in [5, 5.41) is 3.41. The highest BCUT2D eigenvalue weighted by molar-refractivity contribution is 6.30. The van der Waals surface area contributed by atoms with Gasteiger partial charge in [0.2, 0.25) is 5.91 Å². The maximum atomic E-state index is 13.2. The van der Waals surface area contributed by atoms with Gasteiger partial charge in [0.15, 0.2) is 6.61 Å². The summed E-state index contributed by atoms with van der Waals surface area (Å²) in [6.07, 6.45) is 1.25. The maximum absolute atomic E-state index is 13.2. The van der Waals surface area contributed by atoms with Crippen molar-refractivity contribution in [3.05, 3.63) is 64.9 Å². The predicted octanol–water partition coefficient (Wildman–Crippen LogP) is 4.19. The smallest absolute Gasteiger partial charge is 0.261 e. The largest absolute Gasteiger partial charge is 0.484 e. The van der Waals surface area contributed by atoms with E-state index in [0.717, 1.165) is 12.0 Å². The van der Waals surface area contributed by atoms with Crippen LogP contribution in [-0.4, -0.2) is 35.9 Å². The normalized spacial score (nSPS) is 11.6. The number of nitrogens with zero attached hydrogens (tertiary/aromatic N) is 1. The van der Waals surface area contributed by atoms with Crippen LogP contribution in [0.4, 0.5) is 4.39 Å². The van der Waals surface area contributed by atoms with Crippen molar-refractivity contribution in [2.75, 3.05) is 13.2 Å². The Hall–Kier alpha value is -2.60. The molecule has 0 saturated heterocycles. The number of hydrogen-bond acceptors (Lipinski definition) is 3. The first-order valence-corrected chi connectivity index (χ1v) is 10.0. The van der Waals surface area contributed by atoms with Gasteiger partial charge in [-0.1, -0.05) is 37.6 Å². The van der Waals surface area contributed by atoms with Crippen LogP contribution in [0.25, 0.3) is 0 Å². The third-order valence-electron chi connectivity index (χ3n) is 4.38. The Morgan fingerprint density at radius 3 is 2.34 bits per heavy atom. The molecule has 0 aromatic heterocycles. The number of benzene rings is 2. The highest BCUT2D eigenvalue weighted by Crippen LogP contribution is 2.17. The van der Waals surface area contributed by atoms with Gasteiger partial charge in [0.25, 0.3) is 5.91 Å². The van der Waals surface area contributed by atoms with Crippen LogP contribution in [0.2, 0.25) is 5.02 Å². The number of rotatable bonds is 10. The molecule has 0 saturated carbocycles. The van der Waals surface area contributed by atoms with E-state index < -0.39 is 6.04 Å². The second-order valence-corrected chi connectivity index (χ2v) is 7.04. The highest BCUT2D eigenvalue weighted by atomic mass is 35.5. The van der Waals surface area contributed by atoms with Crippen molar-refractivity contribution in [2.45, 2.75) is 39.3 Å². The average Bonchev–Trinajstić information content (AvgIpc) is 2.72. The van der Waals surface area contributed by atoms with Crippen LogP contribution in [0, 0.1) is 5.82 Å². The van der Waals surface area contributed by atoms with Gasteiger partial charge in [0.05, 0.1) is 0 Å². The third-order valence-corrected chi connectivity index (χ3v) is 4.63. The third kappa shape index (κ3) is 7.06. The zero-order chi connectivity index (χ0) is 21.2. The standard InChI is InChI=1S/C22H26ClFN2O3/c1-3-13-25-22(28)20(4-2)26(14-16-5-9-18(24)10-6-16)21(27)15-29-19-11-7-17(23)8-12-19/h5-12,20H,3-4,13-15H2,1-2H3,(H,25,28). The second-order valence-electron chi connectivity index (χ2n) is 6.61. The van der Waals surface area contributed by atoms with Gasteiger partial charge in [-0.3, -0.25) is 9.59 Å². The molecule has 5 nitrogen and oxygen atoms in total. The maximum Gasteiger partial charge on any atom is 0.261 e. The summed E-state index contributed by atoms with van der Waals surface area (Å²) in [5.74, 6) is -0.391. The van der Waals surface area contributed by atoms with Gasteiger partial charge >= 0.3 is 0 Å². The zero-order valence-corrected chi connectivity index (χ0v) is 17.4. The van der Waals surface area contributed by atoms with E-state index >= 15 is 0 Å². The van der Waals surface area contributed by atoms with Gasteiger partial charge in [0, 0.05) is 18.1 Å². The minimum atomic E-state index is -0.645. The first-order valence-electron chi connectivity index (χ1n) is 9.64. The molecule has 2 rings (SSSR count). The quantitative estimate of drug-likeness (QED) is 0.627. The zero-order valence-electron chi connectivity index (χ0n) is 16.7. The van der Waals surface area contributed by atoms with Crippen LogP contribution in [0.15, 0.2) is 48.5 Å². The molecular formula is C22H26ClFN2O3. The summed E-state index contributed by atoms with van der Waals surface area (Å²) >= 11 is 5.86. The van der Waals surface area contributed by atoms with E-state index in [-0.39, 0.29) is 30.8 Å². The molecule has 1 atom stereocenters. The van der Waals surface area contributed by atoms with Crippen LogP contribution < -0.4 is 10.1 Å². The lowest BCUT2D eigenvalue weighted by molar-refractivity contribution is -0.143. The summed E-state index contributed by atoms with van der Waals surface area (Å²) in [4.78, 5) is 27.0. The molecule has 0 radical (unpaired) electrons. The van der Waals surface area contributed by atoms with E-state index in [1.165, 1.54) is 17.0 Å². The molecule has 2 aromatic rings. The first kappa shape index (κ1) is 22.7. The van der Waals surface area contributed by atoms with Crippen molar-refractivity contribution in [3.63, 3.8) is 0 Å². The molecule has 7 heteroatoms. The molecule has 29 heavy (non-hydrogen) atoms. The number of ether oxygens (including phenoxy) is 1. The Balaban J connectivity index is 2.16. The molecule has 2 amide bonds. The molecule has 0 bridgehead atoms. The van der Waals surface area contributed by atoms with E-state index in [1.807, 2.05) is 13.8 Å². The first-order chi connectivity index (χ1) is 13.9. The van der Waals surface area contributed by atoms with Gasteiger partial charge in [0.1, 0.15) is 17.6 Å². The topological polar surface area (TPSA) is 58.6 Å². The van der Waals surface area contributed by atoms with Gasteiger partial charge in [-0.15, -0.1) is 0 Å². The summed E-state index contributed by atoms with van der Waals surface area (Å²) in [5.41, 5.74) is 0.730. The van der Waals surface area contributed by atoms with E-state index in [4.69, 9.17) is 16.3 Å². The SMILES string of the molecule is CCCNC(=O)C(CC)N(Cc1ccc(F)cc1)C(=O)COc1ccc(Cl)cc1. The minimum absolute atomic E-state index is 0.182. The van der Waals surface area contributed by atoms with Crippen molar-refractivity contribution in [3.8, 4) is 5.75 Å². The summed E-state index contributed by atoms with van der Waals surface area (Å²) < 4.78 is 18.8. The number of carbonyl (C=O) groups excluding carboxylic acids is 2. The van der Waals surface area contributed by atoms with Crippen LogP contribution in [0.1, 0.15) is 32.3 Å². The Kier molecular flexibility index (Phi) is 8.93. The van der Waals surface area contributed by atoms with E-state index in [9.17, 15) is 14.0 Å². The van der Waals surface area contributed by atoms with Crippen molar-refractivity contribution in [1.82, 2.24) is 10.2 Å². The van der Waals surface area contributed by atoms with Crippen molar-refractivity contribution in [2.24, 2.45) is 0 Å². The molecule has 1 N–H and O–H groups in total. The molecule has 0 aliphatic heterocycles. The van der Waals surface area contributed by atoms with Crippen molar-refractivity contribution < 1.29 is 18.7 Å². The molecule has 0 spiro atoms. The Bertz CT molecular complexity index is 797. The lowest BCUT2D eigenvalue weighted by atomic mass is 10.1. The fourth-order valence-corrected chi connectivity index (χ4v) is 2.96. The Morgan fingerprint density at radius 1 is 1.10 bits per heavy atom. The summed E-state index contributed by atoms with van der Waals surface area (Å²) in [7, 11) is 0. The van der Waals surface area contributed by atoms with Crippen LogP contribution >= 0.6 is 11.6 Å². The van der Waals surface area contributed by atoms with E-state index in [2.05, 4.69) is 5.32 Å². The second kappa shape index (κ2) is 11.4. The van der Waals surface area contributed by atoms with Crippen LogP contribution in [0.5, 0.6) is 5.75 Å². The molecule has 0 aliphatic carbocycles. The van der Waals surface area contributed by atoms with E-state index in [0.29, 0.717) is 23.7 Å². The molecule has 0 aliphatic rings. The Morgan fingerprint density at radius 2 is 1.76 bits per heavy atom. The fraction of sp³-hybridized carbons (Fsp3) is 0.364. The minimum Gasteiger partial charge on any atom is -0.484 e. The van der Waals surface area contributed by atoms with Gasteiger partial charge in [-0.2, -0.15) is 0 Å². The monoisotopic (exact) mass is 420 g/mol. The van der Waals surface area contributed by atoms with Crippen LogP contribution in [-0.2, 0) is 16.1 Å². The number of nitrogens with one attached hydrogen (secondary N) is 1. The molecule has 1 unspecified atom stereocenters. The molecule has 0 fully saturated rings. The molecular weight excluding hydrogens is 395 g/mol. The number of halogens is 2. The molecule has 156 valence electrons. The summed E-state index contributed by atoms with van der Waals surface area (Å²) in [6.45, 7) is 4.31. The van der Waals surface area contributed by atoms with E-state index in [1.54, 1.807) is 36.4 Å². The average molecular weight is 421 g/mol.